The molecule has 108 valence electrons. The largest absolute Gasteiger partial charge is 0.372 e. The molecule has 0 aromatic heterocycles. The van der Waals surface area contributed by atoms with Crippen molar-refractivity contribution < 1.29 is 4.74 Å². The molecule has 2 nitrogen and oxygen atoms in total. The van der Waals surface area contributed by atoms with Crippen LogP contribution in [0.2, 0.25) is 0 Å². The molecular weight excluding hydrogens is 222 g/mol. The van der Waals surface area contributed by atoms with Crippen molar-refractivity contribution in [1.29, 1.82) is 0 Å². The van der Waals surface area contributed by atoms with Crippen molar-refractivity contribution in [2.24, 2.45) is 5.92 Å². The van der Waals surface area contributed by atoms with E-state index in [0.29, 0.717) is 6.10 Å². The molecule has 1 saturated carbocycles. The summed E-state index contributed by atoms with van der Waals surface area (Å²) >= 11 is 0. The van der Waals surface area contributed by atoms with Crippen molar-refractivity contribution in [2.75, 3.05) is 6.54 Å². The normalized spacial score (nSPS) is 20.8. The summed E-state index contributed by atoms with van der Waals surface area (Å²) in [5, 5.41) is 3.58. The molecule has 1 aliphatic rings. The van der Waals surface area contributed by atoms with Crippen LogP contribution in [-0.2, 0) is 4.74 Å². The molecule has 0 bridgehead atoms. The van der Waals surface area contributed by atoms with Gasteiger partial charge in [-0.15, -0.1) is 0 Å². The Morgan fingerprint density at radius 2 is 1.78 bits per heavy atom. The minimum absolute atomic E-state index is 0.187. The maximum atomic E-state index is 6.36. The van der Waals surface area contributed by atoms with Gasteiger partial charge in [0.05, 0.1) is 11.7 Å². The van der Waals surface area contributed by atoms with Gasteiger partial charge in [-0.2, -0.15) is 0 Å². The quantitative estimate of drug-likeness (QED) is 0.738. The number of ether oxygens (including phenoxy) is 1. The molecule has 0 aliphatic heterocycles. The molecule has 18 heavy (non-hydrogen) atoms. The number of hydrogen-bond donors (Lipinski definition) is 1. The lowest BCUT2D eigenvalue weighted by Crippen LogP contribution is -2.47. The highest BCUT2D eigenvalue weighted by Gasteiger charge is 2.39. The van der Waals surface area contributed by atoms with Crippen LogP contribution in [0.15, 0.2) is 0 Å². The number of hydrogen-bond acceptors (Lipinski definition) is 2. The molecule has 0 heterocycles. The Kier molecular flexibility index (Phi) is 5.67. The van der Waals surface area contributed by atoms with Crippen LogP contribution in [-0.4, -0.2) is 23.8 Å². The second-order valence-corrected chi connectivity index (χ2v) is 7.52. The zero-order valence-electron chi connectivity index (χ0n) is 13.3. The van der Waals surface area contributed by atoms with Crippen LogP contribution in [0.1, 0.15) is 73.6 Å². The number of nitrogens with one attached hydrogen (secondary N) is 1. The van der Waals surface area contributed by atoms with Crippen LogP contribution in [0.4, 0.5) is 0 Å². The molecule has 0 spiro atoms. The van der Waals surface area contributed by atoms with Crippen molar-refractivity contribution in [3.63, 3.8) is 0 Å². The molecule has 2 heteroatoms. The first-order valence-electron chi connectivity index (χ1n) is 7.65. The Morgan fingerprint density at radius 1 is 1.17 bits per heavy atom. The van der Waals surface area contributed by atoms with Gasteiger partial charge < -0.3 is 10.1 Å². The summed E-state index contributed by atoms with van der Waals surface area (Å²) in [6.07, 6.45) is 6.58. The first kappa shape index (κ1) is 16.0. The Labute approximate surface area is 114 Å². The van der Waals surface area contributed by atoms with E-state index in [4.69, 9.17) is 4.74 Å². The standard InChI is InChI=1S/C16H33NO/c1-13(2)12-14(3)18-16(8-7-9-16)10-11-17-15(4,5)6/h13-14,17H,7-12H2,1-6H3. The van der Waals surface area contributed by atoms with Crippen LogP contribution in [0, 0.1) is 5.92 Å². The highest BCUT2D eigenvalue weighted by Crippen LogP contribution is 2.40. The molecule has 0 amide bonds. The van der Waals surface area contributed by atoms with Gasteiger partial charge in [0.15, 0.2) is 0 Å². The van der Waals surface area contributed by atoms with Gasteiger partial charge in [0.2, 0.25) is 0 Å². The predicted molar refractivity (Wildman–Crippen MR) is 79.0 cm³/mol. The highest BCUT2D eigenvalue weighted by molar-refractivity contribution is 4.91. The second kappa shape index (κ2) is 6.38. The van der Waals surface area contributed by atoms with E-state index in [2.05, 4.69) is 46.9 Å². The Bertz CT molecular complexity index is 238. The van der Waals surface area contributed by atoms with E-state index in [-0.39, 0.29) is 11.1 Å². The van der Waals surface area contributed by atoms with Crippen molar-refractivity contribution >= 4 is 0 Å². The van der Waals surface area contributed by atoms with Crippen LogP contribution >= 0.6 is 0 Å². The van der Waals surface area contributed by atoms with Crippen LogP contribution in [0.25, 0.3) is 0 Å². The van der Waals surface area contributed by atoms with E-state index in [1.54, 1.807) is 0 Å². The van der Waals surface area contributed by atoms with Gasteiger partial charge in [-0.25, -0.2) is 0 Å². The van der Waals surface area contributed by atoms with Crippen molar-refractivity contribution in [1.82, 2.24) is 5.32 Å². The molecule has 0 radical (unpaired) electrons. The summed E-state index contributed by atoms with van der Waals surface area (Å²) < 4.78 is 6.36. The maximum absolute atomic E-state index is 6.36. The topological polar surface area (TPSA) is 21.3 Å². The lowest BCUT2D eigenvalue weighted by molar-refractivity contribution is -0.142. The van der Waals surface area contributed by atoms with Crippen LogP contribution < -0.4 is 5.32 Å². The van der Waals surface area contributed by atoms with Crippen LogP contribution in [0.5, 0.6) is 0 Å². The summed E-state index contributed by atoms with van der Waals surface area (Å²) in [7, 11) is 0. The molecule has 1 unspecified atom stereocenters. The van der Waals surface area contributed by atoms with E-state index >= 15 is 0 Å². The van der Waals surface area contributed by atoms with Gasteiger partial charge >= 0.3 is 0 Å². The molecule has 0 aromatic carbocycles. The van der Waals surface area contributed by atoms with E-state index < -0.39 is 0 Å². The average Bonchev–Trinajstić information content (AvgIpc) is 2.10. The summed E-state index contributed by atoms with van der Waals surface area (Å²) in [5.74, 6) is 0.727. The molecule has 0 saturated heterocycles. The molecule has 1 rings (SSSR count). The third kappa shape index (κ3) is 5.71. The van der Waals surface area contributed by atoms with Gasteiger partial charge in [-0.3, -0.25) is 0 Å². The predicted octanol–water partition coefficient (Wildman–Crippen LogP) is 4.14. The fraction of sp³-hybridized carbons (Fsp3) is 1.00. The van der Waals surface area contributed by atoms with E-state index in [9.17, 15) is 0 Å². The molecule has 0 aromatic rings. The fourth-order valence-electron chi connectivity index (χ4n) is 2.80. The van der Waals surface area contributed by atoms with Crippen molar-refractivity contribution in [3.05, 3.63) is 0 Å². The Balaban J connectivity index is 2.34. The van der Waals surface area contributed by atoms with Gasteiger partial charge in [-0.05, 0) is 72.3 Å². The first-order valence-corrected chi connectivity index (χ1v) is 7.65. The van der Waals surface area contributed by atoms with E-state index in [0.717, 1.165) is 18.9 Å². The zero-order valence-corrected chi connectivity index (χ0v) is 13.3. The zero-order chi connectivity index (χ0) is 13.8. The maximum Gasteiger partial charge on any atom is 0.0698 e. The van der Waals surface area contributed by atoms with Gasteiger partial charge in [0, 0.05) is 5.54 Å². The third-order valence-corrected chi connectivity index (χ3v) is 3.76. The Hall–Kier alpha value is -0.0800. The minimum atomic E-state index is 0.187. The van der Waals surface area contributed by atoms with Crippen molar-refractivity contribution in [3.8, 4) is 0 Å². The van der Waals surface area contributed by atoms with Gasteiger partial charge in [0.25, 0.3) is 0 Å². The van der Waals surface area contributed by atoms with Gasteiger partial charge in [-0.1, -0.05) is 13.8 Å². The number of rotatable bonds is 7. The Morgan fingerprint density at radius 3 is 2.17 bits per heavy atom. The summed E-state index contributed by atoms with van der Waals surface area (Å²) in [4.78, 5) is 0. The van der Waals surface area contributed by atoms with Crippen LogP contribution in [0.3, 0.4) is 0 Å². The summed E-state index contributed by atoms with van der Waals surface area (Å²) in [6, 6.07) is 0. The fourth-order valence-corrected chi connectivity index (χ4v) is 2.80. The first-order chi connectivity index (χ1) is 8.22. The summed E-state index contributed by atoms with van der Waals surface area (Å²) in [5.41, 5.74) is 0.404. The van der Waals surface area contributed by atoms with Crippen molar-refractivity contribution in [2.45, 2.75) is 90.9 Å². The SMILES string of the molecule is CC(C)CC(C)OC1(CCNC(C)(C)C)CCC1. The van der Waals surface area contributed by atoms with Gasteiger partial charge in [0.1, 0.15) is 0 Å². The summed E-state index contributed by atoms with van der Waals surface area (Å²) in [6.45, 7) is 14.5. The lowest BCUT2D eigenvalue weighted by Gasteiger charge is -2.44. The molecule has 1 N–H and O–H groups in total. The minimum Gasteiger partial charge on any atom is -0.372 e. The average molecular weight is 255 g/mol. The molecular formula is C16H33NO. The second-order valence-electron chi connectivity index (χ2n) is 7.52. The van der Waals surface area contributed by atoms with E-state index in [1.807, 2.05) is 0 Å². The highest BCUT2D eigenvalue weighted by atomic mass is 16.5. The third-order valence-electron chi connectivity index (χ3n) is 3.76. The monoisotopic (exact) mass is 255 g/mol. The smallest absolute Gasteiger partial charge is 0.0698 e. The molecule has 1 fully saturated rings. The lowest BCUT2D eigenvalue weighted by atomic mass is 9.77. The van der Waals surface area contributed by atoms with E-state index in [1.165, 1.54) is 25.7 Å². The molecule has 1 atom stereocenters. The molecule has 1 aliphatic carbocycles.